The molecule has 0 amide bonds. The SMILES string of the molecule is NCC1CCN(Cc2cccc(F)c2F)C1. The molecule has 0 aliphatic carbocycles. The summed E-state index contributed by atoms with van der Waals surface area (Å²) in [6, 6.07) is 4.32. The Morgan fingerprint density at radius 3 is 2.88 bits per heavy atom. The Kier molecular flexibility index (Phi) is 3.51. The van der Waals surface area contributed by atoms with Gasteiger partial charge < -0.3 is 5.73 Å². The molecule has 1 atom stereocenters. The van der Waals surface area contributed by atoms with Crippen molar-refractivity contribution in [1.29, 1.82) is 0 Å². The van der Waals surface area contributed by atoms with E-state index in [9.17, 15) is 8.78 Å². The quantitative estimate of drug-likeness (QED) is 0.850. The molecule has 0 saturated carbocycles. The predicted octanol–water partition coefficient (Wildman–Crippen LogP) is 1.75. The smallest absolute Gasteiger partial charge is 0.163 e. The minimum Gasteiger partial charge on any atom is -0.330 e. The second kappa shape index (κ2) is 4.89. The summed E-state index contributed by atoms with van der Waals surface area (Å²) < 4.78 is 26.4. The van der Waals surface area contributed by atoms with E-state index < -0.39 is 11.6 Å². The van der Waals surface area contributed by atoms with Crippen molar-refractivity contribution in [2.45, 2.75) is 13.0 Å². The molecular weight excluding hydrogens is 210 g/mol. The Balaban J connectivity index is 2.02. The zero-order chi connectivity index (χ0) is 11.5. The van der Waals surface area contributed by atoms with Crippen LogP contribution in [0.3, 0.4) is 0 Å². The van der Waals surface area contributed by atoms with Gasteiger partial charge in [0.1, 0.15) is 0 Å². The number of halogens is 2. The van der Waals surface area contributed by atoms with Gasteiger partial charge in [-0.2, -0.15) is 0 Å². The Morgan fingerprint density at radius 2 is 2.19 bits per heavy atom. The number of hydrogen-bond acceptors (Lipinski definition) is 2. The summed E-state index contributed by atoms with van der Waals surface area (Å²) in [4.78, 5) is 2.12. The number of benzene rings is 1. The van der Waals surface area contributed by atoms with E-state index in [1.807, 2.05) is 0 Å². The average Bonchev–Trinajstić information content (AvgIpc) is 2.73. The summed E-state index contributed by atoms with van der Waals surface area (Å²) in [6.45, 7) is 2.94. The second-order valence-corrected chi connectivity index (χ2v) is 4.34. The highest BCUT2D eigenvalue weighted by Gasteiger charge is 2.22. The maximum absolute atomic E-state index is 13.4. The van der Waals surface area contributed by atoms with Crippen molar-refractivity contribution >= 4 is 0 Å². The molecule has 1 unspecified atom stereocenters. The van der Waals surface area contributed by atoms with E-state index in [-0.39, 0.29) is 0 Å². The van der Waals surface area contributed by atoms with E-state index in [2.05, 4.69) is 4.90 Å². The molecule has 0 aromatic heterocycles. The Labute approximate surface area is 94.0 Å². The van der Waals surface area contributed by atoms with Gasteiger partial charge in [-0.15, -0.1) is 0 Å². The molecule has 1 heterocycles. The third-order valence-corrected chi connectivity index (χ3v) is 3.13. The predicted molar refractivity (Wildman–Crippen MR) is 58.8 cm³/mol. The lowest BCUT2D eigenvalue weighted by Gasteiger charge is -2.16. The van der Waals surface area contributed by atoms with Crippen molar-refractivity contribution in [3.8, 4) is 0 Å². The van der Waals surface area contributed by atoms with Gasteiger partial charge in [0.25, 0.3) is 0 Å². The van der Waals surface area contributed by atoms with Gasteiger partial charge in [0.05, 0.1) is 0 Å². The average molecular weight is 226 g/mol. The Morgan fingerprint density at radius 1 is 1.38 bits per heavy atom. The molecule has 1 aromatic rings. The highest BCUT2D eigenvalue weighted by molar-refractivity contribution is 5.18. The van der Waals surface area contributed by atoms with E-state index in [1.165, 1.54) is 0 Å². The van der Waals surface area contributed by atoms with E-state index >= 15 is 0 Å². The second-order valence-electron chi connectivity index (χ2n) is 4.34. The first kappa shape index (κ1) is 11.5. The zero-order valence-corrected chi connectivity index (χ0v) is 9.13. The molecule has 1 aliphatic heterocycles. The number of nitrogens with two attached hydrogens (primary N) is 1. The van der Waals surface area contributed by atoms with Crippen molar-refractivity contribution in [3.63, 3.8) is 0 Å². The summed E-state index contributed by atoms with van der Waals surface area (Å²) >= 11 is 0. The first-order valence-corrected chi connectivity index (χ1v) is 5.56. The number of nitrogens with zero attached hydrogens (tertiary/aromatic N) is 1. The van der Waals surface area contributed by atoms with Gasteiger partial charge in [-0.1, -0.05) is 12.1 Å². The molecule has 1 aliphatic rings. The Bertz CT molecular complexity index is 368. The lowest BCUT2D eigenvalue weighted by Crippen LogP contribution is -2.23. The van der Waals surface area contributed by atoms with Gasteiger partial charge in [0.15, 0.2) is 11.6 Å². The molecule has 2 nitrogen and oxygen atoms in total. The lowest BCUT2D eigenvalue weighted by molar-refractivity contribution is 0.310. The first-order chi connectivity index (χ1) is 7.70. The van der Waals surface area contributed by atoms with Gasteiger partial charge >= 0.3 is 0 Å². The van der Waals surface area contributed by atoms with E-state index in [1.54, 1.807) is 12.1 Å². The summed E-state index contributed by atoms with van der Waals surface area (Å²) in [6.07, 6.45) is 1.05. The first-order valence-electron chi connectivity index (χ1n) is 5.56. The third-order valence-electron chi connectivity index (χ3n) is 3.13. The molecule has 2 rings (SSSR count). The van der Waals surface area contributed by atoms with Crippen LogP contribution in [0.5, 0.6) is 0 Å². The van der Waals surface area contributed by atoms with Gasteiger partial charge in [0.2, 0.25) is 0 Å². The standard InChI is InChI=1S/C12H16F2N2/c13-11-3-1-2-10(12(11)14)8-16-5-4-9(6-15)7-16/h1-3,9H,4-8,15H2. The van der Waals surface area contributed by atoms with Crippen LogP contribution in [0.4, 0.5) is 8.78 Å². The fourth-order valence-electron chi connectivity index (χ4n) is 2.16. The van der Waals surface area contributed by atoms with Crippen LogP contribution in [0.25, 0.3) is 0 Å². The number of hydrogen-bond donors (Lipinski definition) is 1. The minimum absolute atomic E-state index is 0.428. The summed E-state index contributed by atoms with van der Waals surface area (Å²) in [5, 5.41) is 0. The zero-order valence-electron chi connectivity index (χ0n) is 9.13. The molecule has 1 aromatic carbocycles. The monoisotopic (exact) mass is 226 g/mol. The molecule has 0 spiro atoms. The normalized spacial score (nSPS) is 21.6. The van der Waals surface area contributed by atoms with Crippen molar-refractivity contribution in [1.82, 2.24) is 4.90 Å². The molecule has 0 radical (unpaired) electrons. The van der Waals surface area contributed by atoms with Crippen molar-refractivity contribution < 1.29 is 8.78 Å². The van der Waals surface area contributed by atoms with Gasteiger partial charge in [-0.3, -0.25) is 4.90 Å². The lowest BCUT2D eigenvalue weighted by atomic mass is 10.1. The fraction of sp³-hybridized carbons (Fsp3) is 0.500. The summed E-state index contributed by atoms with van der Waals surface area (Å²) in [5.41, 5.74) is 6.01. The highest BCUT2D eigenvalue weighted by atomic mass is 19.2. The summed E-state index contributed by atoms with van der Waals surface area (Å²) in [5.74, 6) is -0.998. The maximum Gasteiger partial charge on any atom is 0.163 e. The molecular formula is C12H16F2N2. The van der Waals surface area contributed by atoms with E-state index in [4.69, 9.17) is 5.73 Å². The summed E-state index contributed by atoms with van der Waals surface area (Å²) in [7, 11) is 0. The van der Waals surface area contributed by atoms with Crippen LogP contribution in [0.15, 0.2) is 18.2 Å². The number of rotatable bonds is 3. The van der Waals surface area contributed by atoms with Crippen LogP contribution in [-0.4, -0.2) is 24.5 Å². The van der Waals surface area contributed by atoms with E-state index in [0.29, 0.717) is 24.6 Å². The molecule has 2 N–H and O–H groups in total. The van der Waals surface area contributed by atoms with Gasteiger partial charge in [0, 0.05) is 18.7 Å². The molecule has 16 heavy (non-hydrogen) atoms. The third kappa shape index (κ3) is 2.39. The van der Waals surface area contributed by atoms with Crippen LogP contribution in [0, 0.1) is 17.6 Å². The molecule has 1 saturated heterocycles. The molecule has 88 valence electrons. The van der Waals surface area contributed by atoms with Crippen LogP contribution in [0.1, 0.15) is 12.0 Å². The molecule has 1 fully saturated rings. The molecule has 0 bridgehead atoms. The minimum atomic E-state index is -0.771. The van der Waals surface area contributed by atoms with Crippen LogP contribution < -0.4 is 5.73 Å². The van der Waals surface area contributed by atoms with Gasteiger partial charge in [-0.25, -0.2) is 8.78 Å². The largest absolute Gasteiger partial charge is 0.330 e. The van der Waals surface area contributed by atoms with E-state index in [0.717, 1.165) is 25.6 Å². The van der Waals surface area contributed by atoms with Crippen molar-refractivity contribution in [3.05, 3.63) is 35.4 Å². The highest BCUT2D eigenvalue weighted by Crippen LogP contribution is 2.19. The van der Waals surface area contributed by atoms with Crippen LogP contribution >= 0.6 is 0 Å². The van der Waals surface area contributed by atoms with Crippen LogP contribution in [-0.2, 0) is 6.54 Å². The Hall–Kier alpha value is -1.00. The van der Waals surface area contributed by atoms with Gasteiger partial charge in [-0.05, 0) is 31.5 Å². The van der Waals surface area contributed by atoms with Crippen molar-refractivity contribution in [2.24, 2.45) is 11.7 Å². The fourth-order valence-corrected chi connectivity index (χ4v) is 2.16. The van der Waals surface area contributed by atoms with Crippen molar-refractivity contribution in [2.75, 3.05) is 19.6 Å². The maximum atomic E-state index is 13.4. The molecule has 4 heteroatoms. The topological polar surface area (TPSA) is 29.3 Å². The van der Waals surface area contributed by atoms with Crippen LogP contribution in [0.2, 0.25) is 0 Å². The number of likely N-dealkylation sites (tertiary alicyclic amines) is 1.